The molecule has 2 aromatic rings. The summed E-state index contributed by atoms with van der Waals surface area (Å²) in [6.45, 7) is 3.86. The molecular formula is C15H18N2OS. The molecule has 1 aliphatic heterocycles. The highest BCUT2D eigenvalue weighted by molar-refractivity contribution is 7.14. The molecule has 1 unspecified atom stereocenters. The van der Waals surface area contributed by atoms with E-state index in [2.05, 4.69) is 46.9 Å². The number of anilines is 1. The molecule has 1 atom stereocenters. The van der Waals surface area contributed by atoms with Crippen LogP contribution >= 0.6 is 11.3 Å². The molecule has 4 heteroatoms. The zero-order valence-electron chi connectivity index (χ0n) is 11.1. The van der Waals surface area contributed by atoms with Crippen molar-refractivity contribution in [2.24, 2.45) is 0 Å². The summed E-state index contributed by atoms with van der Waals surface area (Å²) in [6.07, 6.45) is 2.69. The Labute approximate surface area is 117 Å². The Bertz CT molecular complexity index is 529. The number of thiazole rings is 1. The first kappa shape index (κ1) is 12.6. The largest absolute Gasteiger partial charge is 0.376 e. The van der Waals surface area contributed by atoms with E-state index in [1.807, 2.05) is 0 Å². The maximum Gasteiger partial charge on any atom is 0.183 e. The van der Waals surface area contributed by atoms with Gasteiger partial charge >= 0.3 is 0 Å². The van der Waals surface area contributed by atoms with E-state index in [0.29, 0.717) is 6.10 Å². The fourth-order valence-corrected chi connectivity index (χ4v) is 2.95. The summed E-state index contributed by atoms with van der Waals surface area (Å²) in [5.41, 5.74) is 3.49. The van der Waals surface area contributed by atoms with Crippen LogP contribution in [0.5, 0.6) is 0 Å². The Morgan fingerprint density at radius 3 is 2.95 bits per heavy atom. The van der Waals surface area contributed by atoms with Gasteiger partial charge in [-0.25, -0.2) is 4.98 Å². The predicted molar refractivity (Wildman–Crippen MR) is 79.8 cm³/mol. The van der Waals surface area contributed by atoms with Crippen molar-refractivity contribution in [1.82, 2.24) is 4.98 Å². The van der Waals surface area contributed by atoms with Gasteiger partial charge in [-0.1, -0.05) is 29.8 Å². The van der Waals surface area contributed by atoms with E-state index in [0.717, 1.165) is 30.4 Å². The van der Waals surface area contributed by atoms with E-state index >= 15 is 0 Å². The SMILES string of the molecule is Cc1ccc(-c2csc(NCC3CCCO3)n2)cc1. The fourth-order valence-electron chi connectivity index (χ4n) is 2.22. The molecule has 3 rings (SSSR count). The summed E-state index contributed by atoms with van der Waals surface area (Å²) in [5.74, 6) is 0. The van der Waals surface area contributed by atoms with Crippen LogP contribution in [0, 0.1) is 6.92 Å². The maximum absolute atomic E-state index is 5.59. The third-order valence-electron chi connectivity index (χ3n) is 3.36. The quantitative estimate of drug-likeness (QED) is 0.923. The molecule has 0 spiro atoms. The second-order valence-electron chi connectivity index (χ2n) is 4.92. The molecule has 19 heavy (non-hydrogen) atoms. The molecule has 100 valence electrons. The average Bonchev–Trinajstić information content (AvgIpc) is 3.09. The predicted octanol–water partition coefficient (Wildman–Crippen LogP) is 3.71. The van der Waals surface area contributed by atoms with Gasteiger partial charge in [-0.3, -0.25) is 0 Å². The lowest BCUT2D eigenvalue weighted by Gasteiger charge is -2.09. The number of hydrogen-bond donors (Lipinski definition) is 1. The Morgan fingerprint density at radius 1 is 1.37 bits per heavy atom. The van der Waals surface area contributed by atoms with Crippen molar-refractivity contribution in [3.63, 3.8) is 0 Å². The van der Waals surface area contributed by atoms with Crippen LogP contribution in [0.2, 0.25) is 0 Å². The molecule has 0 amide bonds. The fraction of sp³-hybridized carbons (Fsp3) is 0.400. The Hall–Kier alpha value is -1.39. The topological polar surface area (TPSA) is 34.1 Å². The highest BCUT2D eigenvalue weighted by atomic mass is 32.1. The van der Waals surface area contributed by atoms with Crippen LogP contribution in [0.1, 0.15) is 18.4 Å². The monoisotopic (exact) mass is 274 g/mol. The van der Waals surface area contributed by atoms with Crippen LogP contribution in [0.15, 0.2) is 29.6 Å². The third kappa shape index (κ3) is 3.14. The van der Waals surface area contributed by atoms with E-state index < -0.39 is 0 Å². The molecule has 1 aromatic carbocycles. The van der Waals surface area contributed by atoms with Crippen molar-refractivity contribution in [3.05, 3.63) is 35.2 Å². The highest BCUT2D eigenvalue weighted by Gasteiger charge is 2.15. The molecule has 1 fully saturated rings. The van der Waals surface area contributed by atoms with Gasteiger partial charge in [0.1, 0.15) is 0 Å². The summed E-state index contributed by atoms with van der Waals surface area (Å²) in [4.78, 5) is 4.62. The normalized spacial score (nSPS) is 18.7. The summed E-state index contributed by atoms with van der Waals surface area (Å²) < 4.78 is 5.59. The Kier molecular flexibility index (Phi) is 3.80. The molecule has 1 saturated heterocycles. The molecule has 0 radical (unpaired) electrons. The molecule has 0 aliphatic carbocycles. The minimum Gasteiger partial charge on any atom is -0.376 e. The second-order valence-corrected chi connectivity index (χ2v) is 5.78. The molecule has 3 nitrogen and oxygen atoms in total. The van der Waals surface area contributed by atoms with Crippen LogP contribution in [0.25, 0.3) is 11.3 Å². The number of aromatic nitrogens is 1. The van der Waals surface area contributed by atoms with Gasteiger partial charge in [0.2, 0.25) is 0 Å². The van der Waals surface area contributed by atoms with E-state index in [-0.39, 0.29) is 0 Å². The lowest BCUT2D eigenvalue weighted by Crippen LogP contribution is -2.18. The first-order valence-electron chi connectivity index (χ1n) is 6.69. The number of rotatable bonds is 4. The first-order chi connectivity index (χ1) is 9.31. The van der Waals surface area contributed by atoms with Crippen LogP contribution in [-0.2, 0) is 4.74 Å². The lowest BCUT2D eigenvalue weighted by atomic mass is 10.1. The van der Waals surface area contributed by atoms with Crippen LogP contribution in [0.4, 0.5) is 5.13 Å². The lowest BCUT2D eigenvalue weighted by molar-refractivity contribution is 0.120. The van der Waals surface area contributed by atoms with Gasteiger partial charge in [-0.2, -0.15) is 0 Å². The van der Waals surface area contributed by atoms with Crippen molar-refractivity contribution < 1.29 is 4.74 Å². The van der Waals surface area contributed by atoms with Crippen LogP contribution < -0.4 is 5.32 Å². The van der Waals surface area contributed by atoms with Crippen LogP contribution in [-0.4, -0.2) is 24.2 Å². The van der Waals surface area contributed by atoms with E-state index in [4.69, 9.17) is 4.74 Å². The van der Waals surface area contributed by atoms with E-state index in [1.54, 1.807) is 11.3 Å². The molecule has 2 heterocycles. The number of benzene rings is 1. The number of hydrogen-bond acceptors (Lipinski definition) is 4. The van der Waals surface area contributed by atoms with Gasteiger partial charge in [-0.15, -0.1) is 11.3 Å². The molecule has 1 aliphatic rings. The molecule has 1 aromatic heterocycles. The molecule has 0 saturated carbocycles. The van der Waals surface area contributed by atoms with Gasteiger partial charge in [-0.05, 0) is 19.8 Å². The average molecular weight is 274 g/mol. The second kappa shape index (κ2) is 5.72. The van der Waals surface area contributed by atoms with Gasteiger partial charge in [0, 0.05) is 24.1 Å². The van der Waals surface area contributed by atoms with Gasteiger partial charge in [0.15, 0.2) is 5.13 Å². The van der Waals surface area contributed by atoms with Gasteiger partial charge < -0.3 is 10.1 Å². The standard InChI is InChI=1S/C15H18N2OS/c1-11-4-6-12(7-5-11)14-10-19-15(17-14)16-9-13-3-2-8-18-13/h4-7,10,13H,2-3,8-9H2,1H3,(H,16,17). The summed E-state index contributed by atoms with van der Waals surface area (Å²) >= 11 is 1.65. The third-order valence-corrected chi connectivity index (χ3v) is 4.16. The number of aryl methyl sites for hydroxylation is 1. The van der Waals surface area contributed by atoms with Crippen molar-refractivity contribution >= 4 is 16.5 Å². The summed E-state index contributed by atoms with van der Waals surface area (Å²) in [6, 6.07) is 8.48. The molecular weight excluding hydrogens is 256 g/mol. The van der Waals surface area contributed by atoms with Crippen LogP contribution in [0.3, 0.4) is 0 Å². The number of nitrogens with zero attached hydrogens (tertiary/aromatic N) is 1. The first-order valence-corrected chi connectivity index (χ1v) is 7.57. The minimum absolute atomic E-state index is 0.353. The van der Waals surface area contributed by atoms with Gasteiger partial charge in [0.25, 0.3) is 0 Å². The zero-order valence-corrected chi connectivity index (χ0v) is 11.9. The highest BCUT2D eigenvalue weighted by Crippen LogP contribution is 2.25. The van der Waals surface area contributed by atoms with Crippen molar-refractivity contribution in [2.75, 3.05) is 18.5 Å². The van der Waals surface area contributed by atoms with Crippen molar-refractivity contribution in [3.8, 4) is 11.3 Å². The van der Waals surface area contributed by atoms with Crippen molar-refractivity contribution in [2.45, 2.75) is 25.9 Å². The zero-order chi connectivity index (χ0) is 13.1. The summed E-state index contributed by atoms with van der Waals surface area (Å²) in [5, 5.41) is 6.45. The van der Waals surface area contributed by atoms with E-state index in [9.17, 15) is 0 Å². The maximum atomic E-state index is 5.59. The Balaban J connectivity index is 1.63. The molecule has 1 N–H and O–H groups in total. The number of nitrogens with one attached hydrogen (secondary N) is 1. The van der Waals surface area contributed by atoms with E-state index in [1.165, 1.54) is 17.5 Å². The van der Waals surface area contributed by atoms with Crippen molar-refractivity contribution in [1.29, 1.82) is 0 Å². The smallest absolute Gasteiger partial charge is 0.183 e. The Morgan fingerprint density at radius 2 is 2.21 bits per heavy atom. The minimum atomic E-state index is 0.353. The summed E-state index contributed by atoms with van der Waals surface area (Å²) in [7, 11) is 0. The van der Waals surface area contributed by atoms with Gasteiger partial charge in [0.05, 0.1) is 11.8 Å². The molecule has 0 bridgehead atoms. The number of ether oxygens (including phenoxy) is 1.